The van der Waals surface area contributed by atoms with Crippen LogP contribution < -0.4 is 9.80 Å². The van der Waals surface area contributed by atoms with Gasteiger partial charge in [0, 0.05) is 35.2 Å². The molecule has 0 aliphatic carbocycles. The highest BCUT2D eigenvalue weighted by Crippen LogP contribution is 2.40. The molecule has 0 amide bonds. The van der Waals surface area contributed by atoms with Crippen molar-refractivity contribution >= 4 is 39.2 Å². The number of nitriles is 1. The average molecular weight is 578 g/mol. The largest absolute Gasteiger partial charge is 0.345 e. The van der Waals surface area contributed by atoms with Crippen LogP contribution in [0.2, 0.25) is 0 Å². The van der Waals surface area contributed by atoms with E-state index < -0.39 is 0 Å². The Morgan fingerprint density at radius 2 is 0.978 bits per heavy atom. The van der Waals surface area contributed by atoms with Crippen LogP contribution in [0.15, 0.2) is 170 Å². The van der Waals surface area contributed by atoms with E-state index in [4.69, 9.17) is 5.26 Å². The van der Waals surface area contributed by atoms with Crippen molar-refractivity contribution in [3.05, 3.63) is 175 Å². The Labute approximate surface area is 264 Å². The molecule has 0 atom stereocenters. The summed E-state index contributed by atoms with van der Waals surface area (Å²) in [5.41, 5.74) is 10.8. The molecule has 45 heavy (non-hydrogen) atoms. The minimum Gasteiger partial charge on any atom is -0.345 e. The molecule has 3 nitrogen and oxygen atoms in total. The summed E-state index contributed by atoms with van der Waals surface area (Å²) in [6.07, 6.45) is 0. The molecule has 214 valence electrons. The minimum atomic E-state index is 0.661. The molecule has 0 N–H and O–H groups in total. The zero-order chi connectivity index (χ0) is 30.6. The fraction of sp³-hybridized carbons (Fsp3) is 0.0238. The second-order valence-electron chi connectivity index (χ2n) is 11.1. The Kier molecular flexibility index (Phi) is 7.54. The molecule has 0 aromatic heterocycles. The van der Waals surface area contributed by atoms with Crippen LogP contribution in [-0.4, -0.2) is 7.05 Å². The van der Waals surface area contributed by atoms with Crippen molar-refractivity contribution < 1.29 is 0 Å². The predicted molar refractivity (Wildman–Crippen MR) is 189 cm³/mol. The van der Waals surface area contributed by atoms with E-state index in [0.717, 1.165) is 39.6 Å². The van der Waals surface area contributed by atoms with Gasteiger partial charge >= 0.3 is 0 Å². The number of rotatable bonds is 7. The molecule has 0 aliphatic rings. The van der Waals surface area contributed by atoms with Crippen LogP contribution in [0.3, 0.4) is 0 Å². The molecule has 0 spiro atoms. The van der Waals surface area contributed by atoms with Crippen LogP contribution in [0.5, 0.6) is 0 Å². The minimum absolute atomic E-state index is 0.661. The lowest BCUT2D eigenvalue weighted by Gasteiger charge is -2.27. The summed E-state index contributed by atoms with van der Waals surface area (Å²) in [5.74, 6) is 0. The van der Waals surface area contributed by atoms with E-state index in [0.29, 0.717) is 5.56 Å². The Bertz CT molecular complexity index is 2100. The summed E-state index contributed by atoms with van der Waals surface area (Å²) in [7, 11) is 2.04. The number of hydrogen-bond donors (Lipinski definition) is 0. The van der Waals surface area contributed by atoms with Crippen molar-refractivity contribution in [2.75, 3.05) is 16.8 Å². The molecule has 7 aromatic rings. The Balaban J connectivity index is 1.24. The van der Waals surface area contributed by atoms with Gasteiger partial charge in [-0.25, -0.2) is 0 Å². The van der Waals surface area contributed by atoms with Gasteiger partial charge in [0.25, 0.3) is 0 Å². The van der Waals surface area contributed by atoms with Crippen LogP contribution in [0.1, 0.15) is 5.56 Å². The van der Waals surface area contributed by atoms with Crippen molar-refractivity contribution in [1.82, 2.24) is 0 Å². The molecule has 0 unspecified atom stereocenters. The number of anilines is 5. The van der Waals surface area contributed by atoms with E-state index in [1.807, 2.05) is 31.3 Å². The van der Waals surface area contributed by atoms with Gasteiger partial charge in [-0.2, -0.15) is 5.26 Å². The summed E-state index contributed by atoms with van der Waals surface area (Å²) in [6, 6.07) is 61.6. The maximum absolute atomic E-state index is 9.12. The van der Waals surface area contributed by atoms with Gasteiger partial charge in [-0.15, -0.1) is 0 Å². The highest BCUT2D eigenvalue weighted by Gasteiger charge is 2.16. The van der Waals surface area contributed by atoms with Crippen molar-refractivity contribution in [2.24, 2.45) is 0 Å². The lowest BCUT2D eigenvalue weighted by atomic mass is 10.0. The standard InChI is InChI=1S/C42H31N3/c1-44(37-23-17-31(30-43)18-24-37)38-25-19-33(20-26-38)34-21-27-39(28-22-34)45(42-16-8-12-35-11-5-6-15-41(35)42)40-14-7-13-36(29-40)32-9-3-2-4-10-32/h2-29H,1H3. The van der Waals surface area contributed by atoms with Crippen molar-refractivity contribution in [3.8, 4) is 28.3 Å². The summed E-state index contributed by atoms with van der Waals surface area (Å²) in [4.78, 5) is 4.48. The van der Waals surface area contributed by atoms with E-state index in [9.17, 15) is 0 Å². The van der Waals surface area contributed by atoms with E-state index in [1.54, 1.807) is 0 Å². The third kappa shape index (κ3) is 5.66. The third-order valence-electron chi connectivity index (χ3n) is 8.32. The average Bonchev–Trinajstić information content (AvgIpc) is 3.12. The first-order valence-electron chi connectivity index (χ1n) is 15.1. The number of benzene rings is 7. The van der Waals surface area contributed by atoms with Crippen LogP contribution >= 0.6 is 0 Å². The van der Waals surface area contributed by atoms with Crippen molar-refractivity contribution in [3.63, 3.8) is 0 Å². The SMILES string of the molecule is CN(c1ccc(C#N)cc1)c1ccc(-c2ccc(N(c3cccc(-c4ccccc4)c3)c3cccc4ccccc34)cc2)cc1. The van der Waals surface area contributed by atoms with Gasteiger partial charge in [0.2, 0.25) is 0 Å². The number of fused-ring (bicyclic) bond motifs is 1. The third-order valence-corrected chi connectivity index (χ3v) is 8.32. The molecule has 3 heteroatoms. The molecule has 0 radical (unpaired) electrons. The zero-order valence-corrected chi connectivity index (χ0v) is 25.0. The Morgan fingerprint density at radius 1 is 0.444 bits per heavy atom. The van der Waals surface area contributed by atoms with Crippen molar-refractivity contribution in [2.45, 2.75) is 0 Å². The monoisotopic (exact) mass is 577 g/mol. The molecular formula is C42H31N3. The zero-order valence-electron chi connectivity index (χ0n) is 25.0. The van der Waals surface area contributed by atoms with Crippen LogP contribution in [-0.2, 0) is 0 Å². The van der Waals surface area contributed by atoms with E-state index in [1.165, 1.54) is 21.9 Å². The lowest BCUT2D eigenvalue weighted by Crippen LogP contribution is -2.10. The first-order valence-corrected chi connectivity index (χ1v) is 15.1. The number of hydrogen-bond acceptors (Lipinski definition) is 3. The summed E-state index contributed by atoms with van der Waals surface area (Å²) < 4.78 is 0. The molecule has 0 bridgehead atoms. The topological polar surface area (TPSA) is 30.3 Å². The molecular weight excluding hydrogens is 546 g/mol. The smallest absolute Gasteiger partial charge is 0.0991 e. The van der Waals surface area contributed by atoms with E-state index >= 15 is 0 Å². The van der Waals surface area contributed by atoms with Gasteiger partial charge in [0.15, 0.2) is 0 Å². The maximum atomic E-state index is 9.12. The number of nitrogens with zero attached hydrogens (tertiary/aromatic N) is 3. The molecule has 0 saturated heterocycles. The summed E-state index contributed by atoms with van der Waals surface area (Å²) in [6.45, 7) is 0. The van der Waals surface area contributed by atoms with E-state index in [2.05, 4.69) is 161 Å². The van der Waals surface area contributed by atoms with Gasteiger partial charge < -0.3 is 9.80 Å². The first-order chi connectivity index (χ1) is 22.2. The lowest BCUT2D eigenvalue weighted by molar-refractivity contribution is 1.21. The molecule has 7 aromatic carbocycles. The van der Waals surface area contributed by atoms with Crippen LogP contribution in [0.25, 0.3) is 33.0 Å². The highest BCUT2D eigenvalue weighted by atomic mass is 15.1. The summed E-state index contributed by atoms with van der Waals surface area (Å²) in [5, 5.41) is 11.5. The van der Waals surface area contributed by atoms with E-state index in [-0.39, 0.29) is 0 Å². The van der Waals surface area contributed by atoms with Gasteiger partial charge in [-0.3, -0.25) is 0 Å². The van der Waals surface area contributed by atoms with Crippen LogP contribution in [0.4, 0.5) is 28.4 Å². The van der Waals surface area contributed by atoms with Crippen LogP contribution in [0, 0.1) is 11.3 Å². The molecule has 7 rings (SSSR count). The van der Waals surface area contributed by atoms with Crippen molar-refractivity contribution in [1.29, 1.82) is 5.26 Å². The summed E-state index contributed by atoms with van der Waals surface area (Å²) >= 11 is 0. The molecule has 0 fully saturated rings. The van der Waals surface area contributed by atoms with Gasteiger partial charge in [-0.05, 0) is 94.4 Å². The van der Waals surface area contributed by atoms with Gasteiger partial charge in [-0.1, -0.05) is 103 Å². The molecule has 0 aliphatic heterocycles. The fourth-order valence-corrected chi connectivity index (χ4v) is 5.87. The normalized spacial score (nSPS) is 10.8. The molecule has 0 heterocycles. The van der Waals surface area contributed by atoms with Gasteiger partial charge in [0.05, 0.1) is 17.3 Å². The highest BCUT2D eigenvalue weighted by molar-refractivity contribution is 5.99. The quantitative estimate of drug-likeness (QED) is 0.189. The first kappa shape index (κ1) is 27.7. The second-order valence-corrected chi connectivity index (χ2v) is 11.1. The Hall–Kier alpha value is -6.11. The molecule has 0 saturated carbocycles. The second kappa shape index (κ2) is 12.2. The fourth-order valence-electron chi connectivity index (χ4n) is 5.87. The maximum Gasteiger partial charge on any atom is 0.0991 e. The van der Waals surface area contributed by atoms with Gasteiger partial charge in [0.1, 0.15) is 0 Å². The Morgan fingerprint density at radius 3 is 1.67 bits per heavy atom. The predicted octanol–water partition coefficient (Wildman–Crippen LogP) is 11.3.